The van der Waals surface area contributed by atoms with Crippen LogP contribution in [0.3, 0.4) is 0 Å². The van der Waals surface area contributed by atoms with Crippen molar-refractivity contribution in [1.82, 2.24) is 15.1 Å². The van der Waals surface area contributed by atoms with E-state index in [0.717, 1.165) is 10.9 Å². The molecule has 1 fully saturated rings. The molecule has 0 saturated carbocycles. The Morgan fingerprint density at radius 2 is 2.15 bits per heavy atom. The summed E-state index contributed by atoms with van der Waals surface area (Å²) in [4.78, 5) is 26.9. The molecule has 140 valence electrons. The molecule has 2 amide bonds. The van der Waals surface area contributed by atoms with E-state index in [2.05, 4.69) is 15.5 Å². The highest BCUT2D eigenvalue weighted by atomic mass is 32.2. The first-order valence-corrected chi connectivity index (χ1v) is 9.73. The zero-order valence-corrected chi connectivity index (χ0v) is 16.3. The standard InChI is InChI=1S/C18H24N4O3S/c1-17(2,3)25-16(24)22-8-7-18(11-22,26-4)15(23)20-13-5-6-14-12(9-13)10-19-21-14/h5-6,9-10H,7-8,11H2,1-4H3,(H,19,21)(H,20,23). The van der Waals surface area contributed by atoms with Crippen molar-refractivity contribution in [2.24, 2.45) is 0 Å². The van der Waals surface area contributed by atoms with Gasteiger partial charge in [0.1, 0.15) is 10.3 Å². The maximum absolute atomic E-state index is 13.0. The Bertz CT molecular complexity index is 829. The van der Waals surface area contributed by atoms with Gasteiger partial charge in [-0.1, -0.05) is 0 Å². The van der Waals surface area contributed by atoms with Gasteiger partial charge in [0, 0.05) is 24.2 Å². The van der Waals surface area contributed by atoms with Crippen LogP contribution in [0.5, 0.6) is 0 Å². The van der Waals surface area contributed by atoms with Crippen LogP contribution in [0.2, 0.25) is 0 Å². The zero-order valence-electron chi connectivity index (χ0n) is 15.5. The molecule has 7 nitrogen and oxygen atoms in total. The number of H-pyrrole nitrogens is 1. The van der Waals surface area contributed by atoms with Gasteiger partial charge in [-0.3, -0.25) is 9.89 Å². The van der Waals surface area contributed by atoms with Crippen molar-refractivity contribution in [2.45, 2.75) is 37.5 Å². The predicted molar refractivity (Wildman–Crippen MR) is 103 cm³/mol. The predicted octanol–water partition coefficient (Wildman–Crippen LogP) is 3.24. The normalized spacial score (nSPS) is 20.4. The number of amides is 2. The highest BCUT2D eigenvalue weighted by Gasteiger charge is 2.46. The lowest BCUT2D eigenvalue weighted by atomic mass is 10.1. The summed E-state index contributed by atoms with van der Waals surface area (Å²) >= 11 is 1.47. The smallest absolute Gasteiger partial charge is 0.410 e. The van der Waals surface area contributed by atoms with E-state index in [-0.39, 0.29) is 12.0 Å². The number of thioether (sulfide) groups is 1. The molecule has 0 bridgehead atoms. The van der Waals surface area contributed by atoms with Crippen molar-refractivity contribution in [3.8, 4) is 0 Å². The third kappa shape index (κ3) is 3.80. The molecule has 1 aromatic heterocycles. The molecular weight excluding hydrogens is 352 g/mol. The summed E-state index contributed by atoms with van der Waals surface area (Å²) in [5.41, 5.74) is 1.08. The SMILES string of the molecule is CSC1(C(=O)Nc2ccc3[nH]ncc3c2)CCN(C(=O)OC(C)(C)C)C1. The molecular formula is C18H24N4O3S. The summed E-state index contributed by atoms with van der Waals surface area (Å²) in [6, 6.07) is 5.60. The Morgan fingerprint density at radius 1 is 1.38 bits per heavy atom. The number of aromatic nitrogens is 2. The van der Waals surface area contributed by atoms with Crippen LogP contribution in [0.1, 0.15) is 27.2 Å². The Balaban J connectivity index is 1.71. The minimum Gasteiger partial charge on any atom is -0.444 e. The molecule has 2 heterocycles. The highest BCUT2D eigenvalue weighted by molar-refractivity contribution is 8.00. The lowest BCUT2D eigenvalue weighted by Gasteiger charge is -2.27. The number of nitrogens with one attached hydrogen (secondary N) is 2. The molecule has 0 aliphatic carbocycles. The lowest BCUT2D eigenvalue weighted by molar-refractivity contribution is -0.118. The van der Waals surface area contributed by atoms with Crippen molar-refractivity contribution in [3.05, 3.63) is 24.4 Å². The molecule has 3 rings (SSSR count). The lowest BCUT2D eigenvalue weighted by Crippen LogP contribution is -2.44. The van der Waals surface area contributed by atoms with Gasteiger partial charge in [-0.15, -0.1) is 11.8 Å². The number of carbonyl (C=O) groups is 2. The Morgan fingerprint density at radius 3 is 2.85 bits per heavy atom. The molecule has 1 aliphatic rings. The van der Waals surface area contributed by atoms with Crippen molar-refractivity contribution < 1.29 is 14.3 Å². The minimum atomic E-state index is -0.678. The molecule has 1 atom stereocenters. The molecule has 26 heavy (non-hydrogen) atoms. The third-order valence-corrected chi connectivity index (χ3v) is 5.69. The second-order valence-electron chi connectivity index (χ2n) is 7.48. The van der Waals surface area contributed by atoms with Gasteiger partial charge in [0.05, 0.1) is 11.7 Å². The summed E-state index contributed by atoms with van der Waals surface area (Å²) in [7, 11) is 0. The van der Waals surface area contributed by atoms with Crippen molar-refractivity contribution >= 4 is 40.4 Å². The number of carbonyl (C=O) groups excluding carboxylic acids is 2. The first-order valence-electron chi connectivity index (χ1n) is 8.50. The summed E-state index contributed by atoms with van der Waals surface area (Å²) in [5, 5.41) is 10.8. The van der Waals surface area contributed by atoms with Crippen LogP contribution in [0.4, 0.5) is 10.5 Å². The number of hydrogen-bond acceptors (Lipinski definition) is 5. The quantitative estimate of drug-likeness (QED) is 0.859. The summed E-state index contributed by atoms with van der Waals surface area (Å²) < 4.78 is 4.75. The minimum absolute atomic E-state index is 0.0982. The molecule has 2 aromatic rings. The third-order valence-electron chi connectivity index (χ3n) is 4.39. The highest BCUT2D eigenvalue weighted by Crippen LogP contribution is 2.35. The van der Waals surface area contributed by atoms with Gasteiger partial charge in [-0.25, -0.2) is 4.79 Å². The molecule has 1 aromatic carbocycles. The van der Waals surface area contributed by atoms with E-state index in [1.54, 1.807) is 11.1 Å². The number of hydrogen-bond donors (Lipinski definition) is 2. The van der Waals surface area contributed by atoms with Crippen LogP contribution in [0.25, 0.3) is 10.9 Å². The maximum atomic E-state index is 13.0. The Hall–Kier alpha value is -2.22. The van der Waals surface area contributed by atoms with E-state index in [1.165, 1.54) is 11.8 Å². The number of anilines is 1. The first-order chi connectivity index (χ1) is 12.2. The van der Waals surface area contributed by atoms with Crippen LogP contribution < -0.4 is 5.32 Å². The average Bonchev–Trinajstić information content (AvgIpc) is 3.20. The van der Waals surface area contributed by atoms with E-state index in [4.69, 9.17) is 4.74 Å². The number of fused-ring (bicyclic) bond motifs is 1. The second kappa shape index (κ2) is 6.83. The number of aromatic amines is 1. The molecule has 0 spiro atoms. The van der Waals surface area contributed by atoms with Crippen molar-refractivity contribution in [2.75, 3.05) is 24.7 Å². The number of likely N-dealkylation sites (tertiary alicyclic amines) is 1. The van der Waals surface area contributed by atoms with E-state index < -0.39 is 10.3 Å². The molecule has 8 heteroatoms. The van der Waals surface area contributed by atoms with Gasteiger partial charge in [0.15, 0.2) is 0 Å². The van der Waals surface area contributed by atoms with E-state index in [1.807, 2.05) is 45.2 Å². The van der Waals surface area contributed by atoms with Gasteiger partial charge in [0.25, 0.3) is 0 Å². The molecule has 2 N–H and O–H groups in total. The van der Waals surface area contributed by atoms with Gasteiger partial charge in [0.2, 0.25) is 5.91 Å². The second-order valence-corrected chi connectivity index (χ2v) is 8.67. The summed E-state index contributed by atoms with van der Waals surface area (Å²) in [6.07, 6.45) is 3.83. The van der Waals surface area contributed by atoms with Gasteiger partial charge in [-0.2, -0.15) is 5.10 Å². The number of ether oxygens (including phenoxy) is 1. The fourth-order valence-corrected chi connectivity index (χ4v) is 3.79. The van der Waals surface area contributed by atoms with Crippen LogP contribution in [0, 0.1) is 0 Å². The van der Waals surface area contributed by atoms with Gasteiger partial charge >= 0.3 is 6.09 Å². The number of nitrogens with zero attached hydrogens (tertiary/aromatic N) is 2. The fourth-order valence-electron chi connectivity index (χ4n) is 2.97. The summed E-state index contributed by atoms with van der Waals surface area (Å²) in [6.45, 7) is 6.34. The average molecular weight is 376 g/mol. The molecule has 1 saturated heterocycles. The molecule has 0 radical (unpaired) electrons. The van der Waals surface area contributed by atoms with Crippen LogP contribution >= 0.6 is 11.8 Å². The van der Waals surface area contributed by atoms with E-state index in [0.29, 0.717) is 25.2 Å². The van der Waals surface area contributed by atoms with E-state index in [9.17, 15) is 9.59 Å². The van der Waals surface area contributed by atoms with Gasteiger partial charge in [-0.05, 0) is 51.6 Å². The fraction of sp³-hybridized carbons (Fsp3) is 0.500. The van der Waals surface area contributed by atoms with Crippen molar-refractivity contribution in [1.29, 1.82) is 0 Å². The molecule has 1 unspecified atom stereocenters. The van der Waals surface area contributed by atoms with Crippen LogP contribution in [-0.2, 0) is 9.53 Å². The number of rotatable bonds is 3. The van der Waals surface area contributed by atoms with Crippen molar-refractivity contribution in [3.63, 3.8) is 0 Å². The van der Waals surface area contributed by atoms with Crippen LogP contribution in [-0.4, -0.2) is 56.8 Å². The van der Waals surface area contributed by atoms with E-state index >= 15 is 0 Å². The molecule has 1 aliphatic heterocycles. The largest absolute Gasteiger partial charge is 0.444 e. The monoisotopic (exact) mass is 376 g/mol. The Labute approximate surface area is 156 Å². The van der Waals surface area contributed by atoms with Crippen LogP contribution in [0.15, 0.2) is 24.4 Å². The van der Waals surface area contributed by atoms with Gasteiger partial charge < -0.3 is 15.0 Å². The zero-order chi connectivity index (χ0) is 18.9. The summed E-state index contributed by atoms with van der Waals surface area (Å²) in [5.74, 6) is -0.0982. The Kier molecular flexibility index (Phi) is 4.88. The first kappa shape index (κ1) is 18.6. The maximum Gasteiger partial charge on any atom is 0.410 e. The topological polar surface area (TPSA) is 87.3 Å². The number of benzene rings is 1.